The Morgan fingerprint density at radius 2 is 1.84 bits per heavy atom. The minimum absolute atomic E-state index is 0.0223. The Morgan fingerprint density at radius 1 is 1.04 bits per heavy atom. The highest BCUT2D eigenvalue weighted by Gasteiger charge is 2.32. The maximum Gasteiger partial charge on any atom is 0.128 e. The molecule has 25 heavy (non-hydrogen) atoms. The molecule has 0 saturated heterocycles. The van der Waals surface area contributed by atoms with Crippen molar-refractivity contribution < 1.29 is 4.42 Å². The third kappa shape index (κ3) is 3.34. The van der Waals surface area contributed by atoms with Crippen molar-refractivity contribution in [1.29, 1.82) is 0 Å². The molecule has 0 radical (unpaired) electrons. The molecule has 2 aromatic carbocycles. The van der Waals surface area contributed by atoms with Crippen molar-refractivity contribution in [1.82, 2.24) is 0 Å². The molecule has 2 heterocycles. The number of anilines is 1. The molecular weight excluding hydrogens is 423 g/mol. The van der Waals surface area contributed by atoms with Crippen molar-refractivity contribution in [3.8, 4) is 0 Å². The lowest BCUT2D eigenvalue weighted by atomic mass is 10.0. The maximum atomic E-state index is 6.20. The zero-order valence-corrected chi connectivity index (χ0v) is 16.1. The lowest BCUT2D eigenvalue weighted by Gasteiger charge is -2.22. The lowest BCUT2D eigenvalue weighted by Crippen LogP contribution is -2.17. The zero-order valence-electron chi connectivity index (χ0n) is 13.0. The monoisotopic (exact) mass is 434 g/mol. The van der Waals surface area contributed by atoms with Gasteiger partial charge in [-0.15, -0.1) is 0 Å². The molecular formula is C19H13BrCl2N2O. The fourth-order valence-corrected chi connectivity index (χ4v) is 3.45. The molecule has 3 nitrogen and oxygen atoms in total. The summed E-state index contributed by atoms with van der Waals surface area (Å²) in [4.78, 5) is 0. The Kier molecular flexibility index (Phi) is 4.59. The summed E-state index contributed by atoms with van der Waals surface area (Å²) < 4.78 is 6.69. The topological polar surface area (TPSA) is 28.7 Å². The first-order chi connectivity index (χ1) is 12.1. The summed E-state index contributed by atoms with van der Waals surface area (Å²) in [6.07, 6.45) is 2.43. The molecule has 0 saturated carbocycles. The van der Waals surface area contributed by atoms with Crippen molar-refractivity contribution in [2.45, 2.75) is 12.5 Å². The summed E-state index contributed by atoms with van der Waals surface area (Å²) in [6.45, 7) is 0. The number of benzene rings is 2. The SMILES string of the molecule is Clc1ccc(N2N=C(c3ccc(Br)cc3)C[C@@H]2c2ccco2)cc1Cl. The molecule has 0 N–H and O–H groups in total. The van der Waals surface area contributed by atoms with E-state index in [9.17, 15) is 0 Å². The molecule has 0 amide bonds. The van der Waals surface area contributed by atoms with E-state index >= 15 is 0 Å². The number of halogens is 3. The van der Waals surface area contributed by atoms with E-state index in [0.29, 0.717) is 10.0 Å². The molecule has 0 spiro atoms. The summed E-state index contributed by atoms with van der Waals surface area (Å²) in [5, 5.41) is 7.81. The van der Waals surface area contributed by atoms with Gasteiger partial charge >= 0.3 is 0 Å². The molecule has 126 valence electrons. The summed E-state index contributed by atoms with van der Waals surface area (Å²) in [6, 6.07) is 17.5. The highest BCUT2D eigenvalue weighted by atomic mass is 79.9. The van der Waals surface area contributed by atoms with Crippen LogP contribution in [0.15, 0.2) is 74.9 Å². The van der Waals surface area contributed by atoms with Gasteiger partial charge in [-0.25, -0.2) is 0 Å². The van der Waals surface area contributed by atoms with Crippen LogP contribution in [0.2, 0.25) is 10.0 Å². The van der Waals surface area contributed by atoms with Gasteiger partial charge in [-0.2, -0.15) is 5.10 Å². The van der Waals surface area contributed by atoms with Crippen molar-refractivity contribution in [3.63, 3.8) is 0 Å². The second-order valence-corrected chi connectivity index (χ2v) is 7.46. The van der Waals surface area contributed by atoms with Gasteiger partial charge in [0.05, 0.1) is 27.7 Å². The minimum Gasteiger partial charge on any atom is -0.467 e. The van der Waals surface area contributed by atoms with Gasteiger partial charge in [0.2, 0.25) is 0 Å². The van der Waals surface area contributed by atoms with Crippen LogP contribution in [0.1, 0.15) is 23.8 Å². The van der Waals surface area contributed by atoms with E-state index in [1.807, 2.05) is 41.4 Å². The first-order valence-electron chi connectivity index (χ1n) is 7.73. The average molecular weight is 436 g/mol. The van der Waals surface area contributed by atoms with E-state index in [4.69, 9.17) is 32.7 Å². The Bertz CT molecular complexity index is 923. The van der Waals surface area contributed by atoms with Gasteiger partial charge in [0, 0.05) is 10.9 Å². The first kappa shape index (κ1) is 16.7. The molecule has 0 fully saturated rings. The van der Waals surface area contributed by atoms with Gasteiger partial charge in [0.25, 0.3) is 0 Å². The summed E-state index contributed by atoms with van der Waals surface area (Å²) in [5.41, 5.74) is 2.96. The van der Waals surface area contributed by atoms with Gasteiger partial charge in [0.15, 0.2) is 0 Å². The molecule has 1 aliphatic rings. The van der Waals surface area contributed by atoms with Crippen LogP contribution in [-0.2, 0) is 0 Å². The average Bonchev–Trinajstić information content (AvgIpc) is 3.27. The third-order valence-corrected chi connectivity index (χ3v) is 5.39. The van der Waals surface area contributed by atoms with Crippen LogP contribution in [-0.4, -0.2) is 5.71 Å². The van der Waals surface area contributed by atoms with Crippen LogP contribution in [0, 0.1) is 0 Å². The molecule has 3 aromatic rings. The third-order valence-electron chi connectivity index (χ3n) is 4.13. The zero-order chi connectivity index (χ0) is 17.4. The smallest absolute Gasteiger partial charge is 0.128 e. The lowest BCUT2D eigenvalue weighted by molar-refractivity contribution is 0.465. The van der Waals surface area contributed by atoms with Crippen LogP contribution in [0.4, 0.5) is 5.69 Å². The van der Waals surface area contributed by atoms with Gasteiger partial charge in [-0.05, 0) is 48.0 Å². The summed E-state index contributed by atoms with van der Waals surface area (Å²) in [5.74, 6) is 0.863. The van der Waals surface area contributed by atoms with Crippen molar-refractivity contribution in [2.24, 2.45) is 5.10 Å². The summed E-state index contributed by atoms with van der Waals surface area (Å²) in [7, 11) is 0. The highest BCUT2D eigenvalue weighted by Crippen LogP contribution is 2.38. The Hall–Kier alpha value is -1.75. The first-order valence-corrected chi connectivity index (χ1v) is 9.28. The van der Waals surface area contributed by atoms with Gasteiger partial charge < -0.3 is 4.42 Å². The van der Waals surface area contributed by atoms with E-state index in [2.05, 4.69) is 28.1 Å². The second kappa shape index (κ2) is 6.87. The predicted molar refractivity (Wildman–Crippen MR) is 106 cm³/mol. The molecule has 1 atom stereocenters. The predicted octanol–water partition coefficient (Wildman–Crippen LogP) is 6.70. The molecule has 1 aliphatic heterocycles. The fraction of sp³-hybridized carbons (Fsp3) is 0.105. The molecule has 1 aromatic heterocycles. The fourth-order valence-electron chi connectivity index (χ4n) is 2.90. The van der Waals surface area contributed by atoms with Gasteiger partial charge in [-0.1, -0.05) is 51.3 Å². The second-order valence-electron chi connectivity index (χ2n) is 5.73. The van der Waals surface area contributed by atoms with E-state index in [1.165, 1.54) is 0 Å². The number of furan rings is 1. The summed E-state index contributed by atoms with van der Waals surface area (Å²) >= 11 is 15.7. The quantitative estimate of drug-likeness (QED) is 0.457. The van der Waals surface area contributed by atoms with Crippen LogP contribution >= 0.6 is 39.1 Å². The maximum absolute atomic E-state index is 6.20. The van der Waals surface area contributed by atoms with E-state index in [1.54, 1.807) is 12.3 Å². The van der Waals surface area contributed by atoms with E-state index in [-0.39, 0.29) is 6.04 Å². The van der Waals surface area contributed by atoms with Crippen molar-refractivity contribution in [2.75, 3.05) is 5.01 Å². The standard InChI is InChI=1S/C19H13BrCl2N2O/c20-13-5-3-12(4-6-13)17-11-18(19-2-1-9-25-19)24(23-17)14-7-8-15(21)16(22)10-14/h1-10,18H,11H2/t18-/m1/s1. The Labute approximate surface area is 164 Å². The minimum atomic E-state index is -0.0223. The number of nitrogens with zero attached hydrogens (tertiary/aromatic N) is 2. The van der Waals surface area contributed by atoms with Crippen LogP contribution in [0.25, 0.3) is 0 Å². The van der Waals surface area contributed by atoms with E-state index in [0.717, 1.165) is 33.6 Å². The number of hydrogen-bond donors (Lipinski definition) is 0. The normalized spacial score (nSPS) is 17.0. The largest absolute Gasteiger partial charge is 0.467 e. The van der Waals surface area contributed by atoms with E-state index < -0.39 is 0 Å². The van der Waals surface area contributed by atoms with Crippen molar-refractivity contribution >= 4 is 50.5 Å². The molecule has 0 bridgehead atoms. The molecule has 4 rings (SSSR count). The van der Waals surface area contributed by atoms with Crippen LogP contribution in [0.5, 0.6) is 0 Å². The molecule has 0 aliphatic carbocycles. The highest BCUT2D eigenvalue weighted by molar-refractivity contribution is 9.10. The van der Waals surface area contributed by atoms with Crippen molar-refractivity contribution in [3.05, 3.63) is 86.7 Å². The van der Waals surface area contributed by atoms with Crippen LogP contribution in [0.3, 0.4) is 0 Å². The van der Waals surface area contributed by atoms with Gasteiger partial charge in [0.1, 0.15) is 11.8 Å². The number of rotatable bonds is 3. The number of hydrogen-bond acceptors (Lipinski definition) is 3. The van der Waals surface area contributed by atoms with Gasteiger partial charge in [-0.3, -0.25) is 5.01 Å². The molecule has 0 unspecified atom stereocenters. The Balaban J connectivity index is 1.75. The molecule has 6 heteroatoms. The number of hydrazone groups is 1. The Morgan fingerprint density at radius 3 is 2.52 bits per heavy atom. The van der Waals surface area contributed by atoms with Crippen LogP contribution < -0.4 is 5.01 Å².